The van der Waals surface area contributed by atoms with Crippen LogP contribution in [-0.2, 0) is 0 Å². The maximum atomic E-state index is 10.1. The Kier molecular flexibility index (Phi) is 4.89. The third-order valence-corrected chi connectivity index (χ3v) is 3.80. The van der Waals surface area contributed by atoms with Gasteiger partial charge in [-0.1, -0.05) is 26.0 Å². The normalized spacial score (nSPS) is 20.6. The second kappa shape index (κ2) is 6.46. The van der Waals surface area contributed by atoms with Gasteiger partial charge >= 0.3 is 0 Å². The molecule has 0 aromatic heterocycles. The molecule has 1 saturated heterocycles. The summed E-state index contributed by atoms with van der Waals surface area (Å²) in [5, 5.41) is 10.1. The lowest BCUT2D eigenvalue weighted by Gasteiger charge is -2.38. The lowest BCUT2D eigenvalue weighted by molar-refractivity contribution is 0.0368. The van der Waals surface area contributed by atoms with E-state index in [1.54, 1.807) is 6.07 Å². The summed E-state index contributed by atoms with van der Waals surface area (Å²) < 4.78 is 5.59. The highest BCUT2D eigenvalue weighted by molar-refractivity contribution is 5.51. The number of hydrogen-bond donors (Lipinski definition) is 2. The monoisotopic (exact) mass is 278 g/mol. The quantitative estimate of drug-likeness (QED) is 0.810. The minimum absolute atomic E-state index is 0.283. The van der Waals surface area contributed by atoms with Gasteiger partial charge in [0.05, 0.1) is 5.69 Å². The van der Waals surface area contributed by atoms with Crippen LogP contribution in [-0.4, -0.2) is 42.4 Å². The number of aliphatic hydroxyl groups excluding tert-OH is 1. The summed E-state index contributed by atoms with van der Waals surface area (Å²) in [6.45, 7) is 7.62. The van der Waals surface area contributed by atoms with Gasteiger partial charge in [0, 0.05) is 13.1 Å². The fourth-order valence-electron chi connectivity index (χ4n) is 2.85. The second-order valence-electron chi connectivity index (χ2n) is 6.51. The molecule has 1 aliphatic heterocycles. The Labute approximate surface area is 121 Å². The van der Waals surface area contributed by atoms with Crippen molar-refractivity contribution in [2.45, 2.75) is 32.8 Å². The van der Waals surface area contributed by atoms with Crippen molar-refractivity contribution in [2.75, 3.05) is 32.0 Å². The number of hydrogen-bond acceptors (Lipinski definition) is 4. The van der Waals surface area contributed by atoms with Crippen molar-refractivity contribution in [3.05, 3.63) is 24.3 Å². The molecule has 3 N–H and O–H groups in total. The summed E-state index contributed by atoms with van der Waals surface area (Å²) >= 11 is 0. The molecule has 0 spiro atoms. The number of nitrogens with two attached hydrogens (primary N) is 1. The van der Waals surface area contributed by atoms with Crippen molar-refractivity contribution < 1.29 is 9.84 Å². The lowest BCUT2D eigenvalue weighted by Crippen LogP contribution is -2.44. The molecule has 0 saturated carbocycles. The molecule has 112 valence electrons. The molecule has 4 heteroatoms. The highest BCUT2D eigenvalue weighted by Gasteiger charge is 2.27. The molecule has 1 atom stereocenters. The number of ether oxygens (including phenoxy) is 1. The molecule has 0 bridgehead atoms. The van der Waals surface area contributed by atoms with Crippen LogP contribution in [0.2, 0.25) is 0 Å². The van der Waals surface area contributed by atoms with E-state index in [1.807, 2.05) is 18.2 Å². The van der Waals surface area contributed by atoms with E-state index in [9.17, 15) is 5.11 Å². The van der Waals surface area contributed by atoms with Gasteiger partial charge in [0.25, 0.3) is 0 Å². The molecule has 1 aromatic carbocycles. The van der Waals surface area contributed by atoms with Crippen molar-refractivity contribution in [1.29, 1.82) is 0 Å². The van der Waals surface area contributed by atoms with E-state index < -0.39 is 6.10 Å². The SMILES string of the molecule is CC1(C)CCCN(CC(O)COc2ccccc2N)C1. The molecular weight excluding hydrogens is 252 g/mol. The third kappa shape index (κ3) is 4.39. The number of rotatable bonds is 5. The van der Waals surface area contributed by atoms with E-state index in [2.05, 4.69) is 18.7 Å². The van der Waals surface area contributed by atoms with E-state index in [-0.39, 0.29) is 6.61 Å². The Hall–Kier alpha value is -1.26. The zero-order chi connectivity index (χ0) is 14.6. The van der Waals surface area contributed by atoms with E-state index >= 15 is 0 Å². The summed E-state index contributed by atoms with van der Waals surface area (Å²) in [5.41, 5.74) is 6.77. The third-order valence-electron chi connectivity index (χ3n) is 3.80. The summed E-state index contributed by atoms with van der Waals surface area (Å²) in [5.74, 6) is 0.644. The molecule has 0 amide bonds. The van der Waals surface area contributed by atoms with E-state index in [4.69, 9.17) is 10.5 Å². The van der Waals surface area contributed by atoms with E-state index in [1.165, 1.54) is 12.8 Å². The maximum absolute atomic E-state index is 10.1. The Balaban J connectivity index is 1.78. The van der Waals surface area contributed by atoms with Crippen LogP contribution < -0.4 is 10.5 Å². The van der Waals surface area contributed by atoms with Gasteiger partial charge in [-0.25, -0.2) is 0 Å². The van der Waals surface area contributed by atoms with Crippen molar-refractivity contribution in [3.8, 4) is 5.75 Å². The highest BCUT2D eigenvalue weighted by Crippen LogP contribution is 2.28. The number of piperidine rings is 1. The summed E-state index contributed by atoms with van der Waals surface area (Å²) in [4.78, 5) is 2.33. The van der Waals surface area contributed by atoms with Crippen LogP contribution in [0.3, 0.4) is 0 Å². The molecule has 4 nitrogen and oxygen atoms in total. The lowest BCUT2D eigenvalue weighted by atomic mass is 9.84. The largest absolute Gasteiger partial charge is 0.489 e. The Bertz CT molecular complexity index is 434. The van der Waals surface area contributed by atoms with Crippen LogP contribution in [0.5, 0.6) is 5.75 Å². The Morgan fingerprint density at radius 2 is 2.15 bits per heavy atom. The second-order valence-corrected chi connectivity index (χ2v) is 6.51. The molecule has 20 heavy (non-hydrogen) atoms. The van der Waals surface area contributed by atoms with Crippen LogP contribution in [0.1, 0.15) is 26.7 Å². The van der Waals surface area contributed by atoms with Crippen molar-refractivity contribution in [2.24, 2.45) is 5.41 Å². The number of β-amino-alcohol motifs (C(OH)–C–C–N with tert-alkyl or cyclic N) is 1. The molecule has 1 unspecified atom stereocenters. The fraction of sp³-hybridized carbons (Fsp3) is 0.625. The molecule has 2 rings (SSSR count). The zero-order valence-corrected chi connectivity index (χ0v) is 12.5. The molecule has 1 aromatic rings. The molecule has 1 heterocycles. The zero-order valence-electron chi connectivity index (χ0n) is 12.5. The van der Waals surface area contributed by atoms with Gasteiger partial charge in [0.1, 0.15) is 18.5 Å². The average molecular weight is 278 g/mol. The molecular formula is C16H26N2O2. The first-order valence-electron chi connectivity index (χ1n) is 7.34. The van der Waals surface area contributed by atoms with Crippen molar-refractivity contribution in [3.63, 3.8) is 0 Å². The van der Waals surface area contributed by atoms with Gasteiger partial charge in [0.2, 0.25) is 0 Å². The van der Waals surface area contributed by atoms with Crippen molar-refractivity contribution in [1.82, 2.24) is 4.90 Å². The predicted octanol–water partition coefficient (Wildman–Crippen LogP) is 2.13. The molecule has 0 aliphatic carbocycles. The van der Waals surface area contributed by atoms with Crippen molar-refractivity contribution >= 4 is 5.69 Å². The smallest absolute Gasteiger partial charge is 0.142 e. The number of benzene rings is 1. The van der Waals surface area contributed by atoms with Gasteiger partial charge < -0.3 is 20.5 Å². The predicted molar refractivity (Wildman–Crippen MR) is 81.8 cm³/mol. The van der Waals surface area contributed by atoms with Crippen LogP contribution in [0, 0.1) is 5.41 Å². The van der Waals surface area contributed by atoms with Crippen LogP contribution in [0.25, 0.3) is 0 Å². The van der Waals surface area contributed by atoms with Gasteiger partial charge in [0.15, 0.2) is 0 Å². The summed E-state index contributed by atoms with van der Waals surface area (Å²) in [6.07, 6.45) is 1.98. The minimum atomic E-state index is -0.483. The fourth-order valence-corrected chi connectivity index (χ4v) is 2.85. The number of anilines is 1. The van der Waals surface area contributed by atoms with E-state index in [0.29, 0.717) is 23.4 Å². The average Bonchev–Trinajstić information content (AvgIpc) is 2.36. The number of para-hydroxylation sites is 2. The molecule has 1 fully saturated rings. The molecule has 0 radical (unpaired) electrons. The van der Waals surface area contributed by atoms with Gasteiger partial charge in [-0.2, -0.15) is 0 Å². The maximum Gasteiger partial charge on any atom is 0.142 e. The first-order valence-corrected chi connectivity index (χ1v) is 7.34. The summed E-state index contributed by atoms with van der Waals surface area (Å²) in [7, 11) is 0. The van der Waals surface area contributed by atoms with Crippen LogP contribution in [0.15, 0.2) is 24.3 Å². The van der Waals surface area contributed by atoms with E-state index in [0.717, 1.165) is 13.1 Å². The first kappa shape index (κ1) is 15.1. The van der Waals surface area contributed by atoms with Crippen LogP contribution in [0.4, 0.5) is 5.69 Å². The minimum Gasteiger partial charge on any atom is -0.489 e. The van der Waals surface area contributed by atoms with Crippen LogP contribution >= 0.6 is 0 Å². The number of likely N-dealkylation sites (tertiary alicyclic amines) is 1. The van der Waals surface area contributed by atoms with Gasteiger partial charge in [-0.15, -0.1) is 0 Å². The van der Waals surface area contributed by atoms with Gasteiger partial charge in [-0.3, -0.25) is 0 Å². The number of aliphatic hydroxyl groups is 1. The topological polar surface area (TPSA) is 58.7 Å². The summed E-state index contributed by atoms with van der Waals surface area (Å²) in [6, 6.07) is 7.38. The Morgan fingerprint density at radius 1 is 1.40 bits per heavy atom. The Morgan fingerprint density at radius 3 is 2.85 bits per heavy atom. The first-order chi connectivity index (χ1) is 9.46. The number of nitrogens with zero attached hydrogens (tertiary/aromatic N) is 1. The highest BCUT2D eigenvalue weighted by atomic mass is 16.5. The number of nitrogen functional groups attached to an aromatic ring is 1. The van der Waals surface area contributed by atoms with Gasteiger partial charge in [-0.05, 0) is 36.9 Å². The molecule has 1 aliphatic rings. The standard InChI is InChI=1S/C16H26N2O2/c1-16(2)8-5-9-18(12-16)10-13(19)11-20-15-7-4-3-6-14(15)17/h3-4,6-7,13,19H,5,8-12,17H2,1-2H3.